The van der Waals surface area contributed by atoms with Crippen LogP contribution in [0.4, 0.5) is 0 Å². The Morgan fingerprint density at radius 3 is 2.67 bits per heavy atom. The number of rotatable bonds is 3. The zero-order valence-corrected chi connectivity index (χ0v) is 12.8. The van der Waals surface area contributed by atoms with Gasteiger partial charge in [0.15, 0.2) is 0 Å². The van der Waals surface area contributed by atoms with Crippen LogP contribution in [0.15, 0.2) is 0 Å². The molecule has 3 fully saturated rings. The van der Waals surface area contributed by atoms with Crippen LogP contribution in [0.5, 0.6) is 0 Å². The summed E-state index contributed by atoms with van der Waals surface area (Å²) in [6, 6.07) is -0.441. The van der Waals surface area contributed by atoms with E-state index in [-0.39, 0.29) is 18.4 Å². The Labute approximate surface area is 126 Å². The summed E-state index contributed by atoms with van der Waals surface area (Å²) in [6.45, 7) is 4.92. The minimum atomic E-state index is -0.746. The van der Waals surface area contributed by atoms with Gasteiger partial charge in [-0.3, -0.25) is 14.5 Å². The maximum absolute atomic E-state index is 12.5. The second kappa shape index (κ2) is 5.95. The monoisotopic (exact) mass is 294 g/mol. The summed E-state index contributed by atoms with van der Waals surface area (Å²) >= 11 is 0. The molecule has 0 aromatic carbocycles. The molecule has 5 heteroatoms. The molecule has 0 radical (unpaired) electrons. The lowest BCUT2D eigenvalue weighted by Crippen LogP contribution is -2.48. The van der Waals surface area contributed by atoms with Crippen LogP contribution < -0.4 is 0 Å². The van der Waals surface area contributed by atoms with Gasteiger partial charge in [-0.25, -0.2) is 0 Å². The Hall–Kier alpha value is -1.10. The van der Waals surface area contributed by atoms with Gasteiger partial charge in [-0.1, -0.05) is 13.3 Å². The van der Waals surface area contributed by atoms with Crippen molar-refractivity contribution in [2.24, 2.45) is 17.8 Å². The molecule has 2 aliphatic heterocycles. The highest BCUT2D eigenvalue weighted by molar-refractivity contribution is 5.80. The van der Waals surface area contributed by atoms with Crippen LogP contribution >= 0.6 is 0 Å². The van der Waals surface area contributed by atoms with E-state index in [2.05, 4.69) is 6.92 Å². The van der Waals surface area contributed by atoms with Gasteiger partial charge in [0.2, 0.25) is 5.91 Å². The lowest BCUT2D eigenvalue weighted by atomic mass is 9.94. The van der Waals surface area contributed by atoms with Crippen molar-refractivity contribution in [3.05, 3.63) is 0 Å². The van der Waals surface area contributed by atoms with Crippen LogP contribution in [0.1, 0.15) is 39.0 Å². The molecule has 118 valence electrons. The molecule has 1 amide bonds. The van der Waals surface area contributed by atoms with E-state index in [4.69, 9.17) is 0 Å². The Balaban J connectivity index is 1.63. The van der Waals surface area contributed by atoms with Crippen LogP contribution in [0.3, 0.4) is 0 Å². The third-order valence-corrected chi connectivity index (χ3v) is 5.59. The predicted octanol–water partition coefficient (Wildman–Crippen LogP) is 1.43. The number of carboxylic acid groups (broad SMARTS) is 1. The Bertz CT molecular complexity index is 426. The van der Waals surface area contributed by atoms with Gasteiger partial charge in [0.05, 0.1) is 6.54 Å². The standard InChI is InChI=1S/C16H26N2O3/c1-11-4-3-7-17(8-11)14(19)10-18-9-12-5-2-6-13(12)15(18)16(20)21/h11-13,15H,2-10H2,1H3,(H,20,21). The van der Waals surface area contributed by atoms with Gasteiger partial charge in [0, 0.05) is 19.6 Å². The lowest BCUT2D eigenvalue weighted by molar-refractivity contribution is -0.145. The fourth-order valence-corrected chi connectivity index (χ4v) is 4.59. The van der Waals surface area contributed by atoms with E-state index in [1.165, 1.54) is 6.42 Å². The van der Waals surface area contributed by atoms with Gasteiger partial charge < -0.3 is 10.0 Å². The average Bonchev–Trinajstić information content (AvgIpc) is 2.98. The van der Waals surface area contributed by atoms with E-state index in [0.29, 0.717) is 11.8 Å². The summed E-state index contributed by atoms with van der Waals surface area (Å²) < 4.78 is 0. The zero-order valence-electron chi connectivity index (χ0n) is 12.8. The fourth-order valence-electron chi connectivity index (χ4n) is 4.59. The molecule has 1 saturated carbocycles. The lowest BCUT2D eigenvalue weighted by Gasteiger charge is -2.33. The van der Waals surface area contributed by atoms with Crippen molar-refractivity contribution >= 4 is 11.9 Å². The quantitative estimate of drug-likeness (QED) is 0.855. The minimum Gasteiger partial charge on any atom is -0.480 e. The molecule has 1 aliphatic carbocycles. The summed E-state index contributed by atoms with van der Waals surface area (Å²) in [6.07, 6.45) is 5.54. The molecular weight excluding hydrogens is 268 g/mol. The van der Waals surface area contributed by atoms with Gasteiger partial charge in [0.1, 0.15) is 6.04 Å². The van der Waals surface area contributed by atoms with Crippen molar-refractivity contribution in [2.45, 2.75) is 45.1 Å². The van der Waals surface area contributed by atoms with Crippen LogP contribution in [0.2, 0.25) is 0 Å². The molecule has 4 unspecified atom stereocenters. The third-order valence-electron chi connectivity index (χ3n) is 5.59. The number of carbonyl (C=O) groups excluding carboxylic acids is 1. The number of amides is 1. The maximum Gasteiger partial charge on any atom is 0.321 e. The first-order valence-electron chi connectivity index (χ1n) is 8.31. The smallest absolute Gasteiger partial charge is 0.321 e. The molecule has 0 bridgehead atoms. The molecule has 3 aliphatic rings. The summed E-state index contributed by atoms with van der Waals surface area (Å²) in [5.74, 6) is 0.683. The van der Waals surface area contributed by atoms with Crippen molar-refractivity contribution in [3.8, 4) is 0 Å². The first-order chi connectivity index (χ1) is 10.1. The number of carbonyl (C=O) groups is 2. The molecular formula is C16H26N2O3. The zero-order chi connectivity index (χ0) is 15.0. The summed E-state index contributed by atoms with van der Waals surface area (Å²) in [5, 5.41) is 9.53. The van der Waals surface area contributed by atoms with E-state index in [0.717, 1.165) is 45.3 Å². The summed E-state index contributed by atoms with van der Waals surface area (Å²) in [4.78, 5) is 27.9. The molecule has 21 heavy (non-hydrogen) atoms. The Morgan fingerprint density at radius 1 is 1.14 bits per heavy atom. The molecule has 0 spiro atoms. The fraction of sp³-hybridized carbons (Fsp3) is 0.875. The van der Waals surface area contributed by atoms with Crippen molar-refractivity contribution in [1.29, 1.82) is 0 Å². The van der Waals surface area contributed by atoms with Gasteiger partial charge >= 0.3 is 5.97 Å². The molecule has 5 nitrogen and oxygen atoms in total. The highest BCUT2D eigenvalue weighted by Gasteiger charge is 2.48. The first kappa shape index (κ1) is 14.8. The van der Waals surface area contributed by atoms with E-state index in [1.54, 1.807) is 0 Å². The van der Waals surface area contributed by atoms with E-state index in [1.807, 2.05) is 9.80 Å². The molecule has 4 atom stereocenters. The number of hydrogen-bond acceptors (Lipinski definition) is 3. The van der Waals surface area contributed by atoms with Gasteiger partial charge in [-0.2, -0.15) is 0 Å². The van der Waals surface area contributed by atoms with Crippen molar-refractivity contribution < 1.29 is 14.7 Å². The Morgan fingerprint density at radius 2 is 1.95 bits per heavy atom. The minimum absolute atomic E-state index is 0.118. The van der Waals surface area contributed by atoms with Crippen LogP contribution in [0, 0.1) is 17.8 Å². The number of hydrogen-bond donors (Lipinski definition) is 1. The van der Waals surface area contributed by atoms with Crippen molar-refractivity contribution in [1.82, 2.24) is 9.80 Å². The highest BCUT2D eigenvalue weighted by Crippen LogP contribution is 2.42. The van der Waals surface area contributed by atoms with Crippen LogP contribution in [-0.4, -0.2) is 59.0 Å². The Kier molecular flexibility index (Phi) is 4.20. The number of fused-ring (bicyclic) bond motifs is 1. The number of nitrogens with zero attached hydrogens (tertiary/aromatic N) is 2. The molecule has 1 N–H and O–H groups in total. The number of likely N-dealkylation sites (tertiary alicyclic amines) is 2. The van der Waals surface area contributed by atoms with E-state index in [9.17, 15) is 14.7 Å². The second-order valence-electron chi connectivity index (χ2n) is 7.15. The number of carboxylic acids is 1. The van der Waals surface area contributed by atoms with Crippen LogP contribution in [0.25, 0.3) is 0 Å². The number of aliphatic carboxylic acids is 1. The van der Waals surface area contributed by atoms with Crippen LogP contribution in [-0.2, 0) is 9.59 Å². The normalized spacial score (nSPS) is 36.7. The third kappa shape index (κ3) is 2.93. The molecule has 3 rings (SSSR count). The average molecular weight is 294 g/mol. The summed E-state index contributed by atoms with van der Waals surface area (Å²) in [5.41, 5.74) is 0. The van der Waals surface area contributed by atoms with Gasteiger partial charge in [-0.15, -0.1) is 0 Å². The van der Waals surface area contributed by atoms with Crippen molar-refractivity contribution in [2.75, 3.05) is 26.2 Å². The largest absolute Gasteiger partial charge is 0.480 e. The second-order valence-corrected chi connectivity index (χ2v) is 7.15. The van der Waals surface area contributed by atoms with Gasteiger partial charge in [0.25, 0.3) is 0 Å². The molecule has 2 heterocycles. The number of piperidine rings is 1. The first-order valence-corrected chi connectivity index (χ1v) is 8.31. The van der Waals surface area contributed by atoms with Gasteiger partial charge in [-0.05, 0) is 43.4 Å². The highest BCUT2D eigenvalue weighted by atomic mass is 16.4. The maximum atomic E-state index is 12.5. The van der Waals surface area contributed by atoms with Crippen molar-refractivity contribution in [3.63, 3.8) is 0 Å². The summed E-state index contributed by atoms with van der Waals surface area (Å²) in [7, 11) is 0. The molecule has 0 aromatic rings. The molecule has 0 aromatic heterocycles. The predicted molar refractivity (Wildman–Crippen MR) is 78.8 cm³/mol. The topological polar surface area (TPSA) is 60.9 Å². The van der Waals surface area contributed by atoms with E-state index >= 15 is 0 Å². The SMILES string of the molecule is CC1CCCN(C(=O)CN2CC3CCCC3C2C(=O)O)C1. The van der Waals surface area contributed by atoms with E-state index < -0.39 is 12.0 Å². The molecule has 2 saturated heterocycles.